The van der Waals surface area contributed by atoms with Crippen LogP contribution >= 0.6 is 0 Å². The predicted octanol–water partition coefficient (Wildman–Crippen LogP) is 3.53. The van der Waals surface area contributed by atoms with E-state index < -0.39 is 16.1 Å². The number of benzene rings is 2. The van der Waals surface area contributed by atoms with Crippen LogP contribution in [-0.2, 0) is 14.8 Å². The highest BCUT2D eigenvalue weighted by Crippen LogP contribution is 2.22. The third kappa shape index (κ3) is 4.72. The van der Waals surface area contributed by atoms with Gasteiger partial charge < -0.3 is 10.6 Å². The first-order valence-corrected chi connectivity index (χ1v) is 11.0. The fourth-order valence-electron chi connectivity index (χ4n) is 3.41. The van der Waals surface area contributed by atoms with Crippen LogP contribution in [0.15, 0.2) is 47.4 Å². The molecule has 7 heteroatoms. The van der Waals surface area contributed by atoms with Crippen molar-refractivity contribution in [3.8, 4) is 0 Å². The van der Waals surface area contributed by atoms with Gasteiger partial charge in [0, 0.05) is 24.5 Å². The molecule has 6 nitrogen and oxygen atoms in total. The Balaban J connectivity index is 1.63. The second-order valence-electron chi connectivity index (χ2n) is 7.37. The zero-order valence-electron chi connectivity index (χ0n) is 16.5. The third-order valence-corrected chi connectivity index (χ3v) is 6.74. The van der Waals surface area contributed by atoms with Crippen LogP contribution in [0.2, 0.25) is 0 Å². The van der Waals surface area contributed by atoms with E-state index >= 15 is 0 Å². The molecule has 2 aromatic carbocycles. The fraction of sp³-hybridized carbons (Fsp3) is 0.381. The first-order chi connectivity index (χ1) is 13.3. The van der Waals surface area contributed by atoms with Crippen LogP contribution in [0.5, 0.6) is 0 Å². The zero-order chi connectivity index (χ0) is 20.3. The van der Waals surface area contributed by atoms with E-state index in [9.17, 15) is 13.2 Å². The van der Waals surface area contributed by atoms with Crippen molar-refractivity contribution in [2.75, 3.05) is 23.7 Å². The van der Waals surface area contributed by atoms with Gasteiger partial charge in [-0.15, -0.1) is 0 Å². The lowest BCUT2D eigenvalue weighted by atomic mass is 10.1. The van der Waals surface area contributed by atoms with E-state index in [1.807, 2.05) is 26.0 Å². The minimum Gasteiger partial charge on any atom is -0.374 e. The van der Waals surface area contributed by atoms with Crippen LogP contribution in [0.1, 0.15) is 30.9 Å². The first kappa shape index (κ1) is 20.4. The summed E-state index contributed by atoms with van der Waals surface area (Å²) in [4.78, 5) is 12.7. The summed E-state index contributed by atoms with van der Waals surface area (Å²) in [6.07, 6.45) is 1.80. The summed E-state index contributed by atoms with van der Waals surface area (Å²) in [5.74, 6) is -0.186. The first-order valence-electron chi connectivity index (χ1n) is 9.51. The molecule has 1 aliphatic rings. The van der Waals surface area contributed by atoms with Crippen molar-refractivity contribution in [2.24, 2.45) is 0 Å². The number of rotatable bonds is 6. The van der Waals surface area contributed by atoms with Crippen molar-refractivity contribution in [2.45, 2.75) is 44.6 Å². The Kier molecular flexibility index (Phi) is 6.05. The van der Waals surface area contributed by atoms with Gasteiger partial charge in [0.1, 0.15) is 6.04 Å². The molecule has 2 N–H and O–H groups in total. The summed E-state index contributed by atoms with van der Waals surface area (Å²) in [6.45, 7) is 6.96. The molecule has 0 aliphatic carbocycles. The van der Waals surface area contributed by atoms with Crippen molar-refractivity contribution in [1.82, 2.24) is 4.31 Å². The molecule has 1 aliphatic heterocycles. The second-order valence-corrected chi connectivity index (χ2v) is 9.31. The molecule has 1 atom stereocenters. The van der Waals surface area contributed by atoms with Crippen LogP contribution in [0.25, 0.3) is 0 Å². The van der Waals surface area contributed by atoms with Crippen LogP contribution < -0.4 is 10.6 Å². The summed E-state index contributed by atoms with van der Waals surface area (Å²) >= 11 is 0. The molecule has 0 bridgehead atoms. The van der Waals surface area contributed by atoms with E-state index in [0.717, 1.165) is 29.7 Å². The van der Waals surface area contributed by atoms with Crippen molar-refractivity contribution < 1.29 is 13.2 Å². The molecule has 0 saturated carbocycles. The lowest BCUT2D eigenvalue weighted by Crippen LogP contribution is -2.32. The molecule has 1 fully saturated rings. The van der Waals surface area contributed by atoms with Crippen molar-refractivity contribution in [3.05, 3.63) is 53.6 Å². The van der Waals surface area contributed by atoms with E-state index in [2.05, 4.69) is 16.7 Å². The van der Waals surface area contributed by atoms with Gasteiger partial charge in [0.15, 0.2) is 0 Å². The highest BCUT2D eigenvalue weighted by molar-refractivity contribution is 7.89. The quantitative estimate of drug-likeness (QED) is 0.776. The number of carbonyl (C=O) groups excluding carboxylic acids is 1. The Morgan fingerprint density at radius 2 is 1.54 bits per heavy atom. The van der Waals surface area contributed by atoms with Gasteiger partial charge in [-0.1, -0.05) is 6.07 Å². The lowest BCUT2D eigenvalue weighted by Gasteiger charge is -2.17. The predicted molar refractivity (Wildman–Crippen MR) is 112 cm³/mol. The number of nitrogens with one attached hydrogen (secondary N) is 2. The van der Waals surface area contributed by atoms with Gasteiger partial charge in [-0.05, 0) is 81.1 Å². The maximum Gasteiger partial charge on any atom is 0.246 e. The Morgan fingerprint density at radius 3 is 2.11 bits per heavy atom. The minimum atomic E-state index is -3.44. The van der Waals surface area contributed by atoms with E-state index in [-0.39, 0.29) is 10.8 Å². The van der Waals surface area contributed by atoms with E-state index in [4.69, 9.17) is 0 Å². The van der Waals surface area contributed by atoms with Crippen molar-refractivity contribution in [1.29, 1.82) is 0 Å². The van der Waals surface area contributed by atoms with Crippen LogP contribution in [-0.4, -0.2) is 37.8 Å². The molecule has 150 valence electrons. The van der Waals surface area contributed by atoms with Gasteiger partial charge in [0.05, 0.1) is 4.90 Å². The molecule has 1 amide bonds. The molecular formula is C21H27N3O3S. The molecule has 28 heavy (non-hydrogen) atoms. The van der Waals surface area contributed by atoms with Gasteiger partial charge in [-0.2, -0.15) is 4.31 Å². The van der Waals surface area contributed by atoms with Crippen LogP contribution in [0.4, 0.5) is 11.4 Å². The van der Waals surface area contributed by atoms with Gasteiger partial charge in [0.25, 0.3) is 0 Å². The number of hydrogen-bond acceptors (Lipinski definition) is 4. The molecule has 0 unspecified atom stereocenters. The van der Waals surface area contributed by atoms with Crippen LogP contribution in [0.3, 0.4) is 0 Å². The average Bonchev–Trinajstić information content (AvgIpc) is 3.16. The molecule has 1 heterocycles. The Morgan fingerprint density at radius 1 is 0.964 bits per heavy atom. The molecule has 0 aromatic heterocycles. The fourth-order valence-corrected chi connectivity index (χ4v) is 4.93. The summed E-state index contributed by atoms with van der Waals surface area (Å²) < 4.78 is 26.6. The normalized spacial score (nSPS) is 16.0. The van der Waals surface area contributed by atoms with Crippen molar-refractivity contribution >= 4 is 27.3 Å². The van der Waals surface area contributed by atoms with Crippen molar-refractivity contribution in [3.63, 3.8) is 0 Å². The number of carbonyl (C=O) groups is 1. The Bertz CT molecular complexity index is 929. The van der Waals surface area contributed by atoms with Gasteiger partial charge >= 0.3 is 0 Å². The van der Waals surface area contributed by atoms with Gasteiger partial charge in [-0.25, -0.2) is 8.42 Å². The number of hydrogen-bond donors (Lipinski definition) is 2. The van der Waals surface area contributed by atoms with Gasteiger partial charge in [-0.3, -0.25) is 4.79 Å². The molecule has 1 saturated heterocycles. The summed E-state index contributed by atoms with van der Waals surface area (Å²) in [6, 6.07) is 12.0. The molecule has 2 aromatic rings. The SMILES string of the molecule is Cc1cc(C)cc(N[C@@H](C)C(=O)Nc2ccc(S(=O)(=O)N3CCCC3)cc2)c1. The molecule has 0 spiro atoms. The smallest absolute Gasteiger partial charge is 0.246 e. The number of amides is 1. The Hall–Kier alpha value is -2.38. The Labute approximate surface area is 167 Å². The minimum absolute atomic E-state index is 0.186. The standard InChI is InChI=1S/C21H27N3O3S/c1-15-12-16(2)14-19(13-15)22-17(3)21(25)23-18-6-8-20(9-7-18)28(26,27)24-10-4-5-11-24/h6-9,12-14,17,22H,4-5,10-11H2,1-3H3,(H,23,25)/t17-/m0/s1. The summed E-state index contributed by atoms with van der Waals surface area (Å²) in [7, 11) is -3.44. The number of sulfonamides is 1. The van der Waals surface area contributed by atoms with Crippen LogP contribution in [0, 0.1) is 13.8 Å². The molecule has 0 radical (unpaired) electrons. The zero-order valence-corrected chi connectivity index (χ0v) is 17.3. The second kappa shape index (κ2) is 8.32. The van der Waals surface area contributed by atoms with Gasteiger partial charge in [0.2, 0.25) is 15.9 Å². The number of nitrogens with zero attached hydrogens (tertiary/aromatic N) is 1. The molecule has 3 rings (SSSR count). The maximum absolute atomic E-state index is 12.6. The molecular weight excluding hydrogens is 374 g/mol. The third-order valence-electron chi connectivity index (χ3n) is 4.82. The maximum atomic E-state index is 12.6. The van der Waals surface area contributed by atoms with E-state index in [1.165, 1.54) is 4.31 Å². The summed E-state index contributed by atoms with van der Waals surface area (Å²) in [5, 5.41) is 6.03. The number of aryl methyl sites for hydroxylation is 2. The summed E-state index contributed by atoms with van der Waals surface area (Å²) in [5.41, 5.74) is 3.72. The topological polar surface area (TPSA) is 78.5 Å². The lowest BCUT2D eigenvalue weighted by molar-refractivity contribution is -0.116. The van der Waals surface area contributed by atoms with E-state index in [1.54, 1.807) is 31.2 Å². The monoisotopic (exact) mass is 401 g/mol. The highest BCUT2D eigenvalue weighted by atomic mass is 32.2. The highest BCUT2D eigenvalue weighted by Gasteiger charge is 2.27. The van der Waals surface area contributed by atoms with E-state index in [0.29, 0.717) is 18.8 Å². The largest absolute Gasteiger partial charge is 0.374 e. The average molecular weight is 402 g/mol. The number of anilines is 2.